The largest absolute Gasteiger partial charge is 0.381 e. The standard InChI is InChI=1S/C31H32BrN7O5/c1-37-15-19(11-21(16-37)35-24-14-34-38(2)31(44)27(24)32)18-5-3-17(4-6-18)13-33-20-7-8-22-23(12-20)30(43)39(29(22)42)25-9-10-26(40)36-28(25)41/h3-8,12,14,19,21,25,33,35H,9-11,13,15-16H2,1-2H3,(H,36,40,41)/t19-,21+,25?/m1/s1. The fraction of sp³-hybridized carbons (Fsp3) is 0.355. The predicted molar refractivity (Wildman–Crippen MR) is 166 cm³/mol. The van der Waals surface area contributed by atoms with Crippen molar-refractivity contribution in [3.05, 3.63) is 85.7 Å². The maximum atomic E-state index is 13.1. The number of fused-ring (bicyclic) bond motifs is 1. The predicted octanol–water partition coefficient (Wildman–Crippen LogP) is 2.46. The molecule has 3 aliphatic heterocycles. The van der Waals surface area contributed by atoms with Gasteiger partial charge in [0.1, 0.15) is 10.5 Å². The molecule has 4 heterocycles. The van der Waals surface area contributed by atoms with Gasteiger partial charge in [0.2, 0.25) is 11.8 Å². The summed E-state index contributed by atoms with van der Waals surface area (Å²) in [6, 6.07) is 12.6. The van der Waals surface area contributed by atoms with Gasteiger partial charge in [-0.2, -0.15) is 5.10 Å². The van der Waals surface area contributed by atoms with Gasteiger partial charge in [0.25, 0.3) is 17.4 Å². The number of carbonyl (C=O) groups is 4. The van der Waals surface area contributed by atoms with Gasteiger partial charge in [0.15, 0.2) is 0 Å². The van der Waals surface area contributed by atoms with Crippen LogP contribution in [0, 0.1) is 0 Å². The van der Waals surface area contributed by atoms with Crippen LogP contribution in [-0.4, -0.2) is 75.4 Å². The van der Waals surface area contributed by atoms with Crippen molar-refractivity contribution in [1.82, 2.24) is 24.9 Å². The molecule has 2 aromatic carbocycles. The molecule has 0 spiro atoms. The number of piperidine rings is 2. The number of aryl methyl sites for hydroxylation is 1. The third-order valence-corrected chi connectivity index (χ3v) is 9.22. The SMILES string of the molecule is CN1C[C@@H](Nc2cnn(C)c(=O)c2Br)C[C@@H](c2ccc(CNc3ccc4c(c3)C(=O)N(C3CCC(=O)NC3=O)C4=O)cc2)C1. The molecule has 1 aromatic heterocycles. The van der Waals surface area contributed by atoms with Crippen molar-refractivity contribution in [3.63, 3.8) is 0 Å². The van der Waals surface area contributed by atoms with Gasteiger partial charge in [0, 0.05) is 44.8 Å². The van der Waals surface area contributed by atoms with E-state index < -0.39 is 29.7 Å². The maximum Gasteiger partial charge on any atom is 0.282 e. The molecule has 3 aliphatic rings. The molecule has 0 aliphatic carbocycles. The Bertz CT molecular complexity index is 1720. The van der Waals surface area contributed by atoms with E-state index in [9.17, 15) is 24.0 Å². The zero-order valence-electron chi connectivity index (χ0n) is 24.3. The van der Waals surface area contributed by atoms with Crippen LogP contribution >= 0.6 is 15.9 Å². The highest BCUT2D eigenvalue weighted by Crippen LogP contribution is 2.31. The molecular weight excluding hydrogens is 630 g/mol. The first-order chi connectivity index (χ1) is 21.1. The molecule has 3 atom stereocenters. The lowest BCUT2D eigenvalue weighted by Crippen LogP contribution is -2.54. The van der Waals surface area contributed by atoms with Crippen molar-refractivity contribution >= 4 is 50.9 Å². The average molecular weight is 663 g/mol. The molecule has 12 nitrogen and oxygen atoms in total. The first kappa shape index (κ1) is 29.7. The number of hydrogen-bond donors (Lipinski definition) is 3. The zero-order valence-corrected chi connectivity index (χ0v) is 25.9. The van der Waals surface area contributed by atoms with E-state index >= 15 is 0 Å². The third kappa shape index (κ3) is 5.76. The minimum atomic E-state index is -0.990. The van der Waals surface area contributed by atoms with Crippen LogP contribution in [0.1, 0.15) is 57.0 Å². The Hall–Kier alpha value is -4.36. The summed E-state index contributed by atoms with van der Waals surface area (Å²) in [7, 11) is 3.71. The lowest BCUT2D eigenvalue weighted by atomic mass is 9.87. The summed E-state index contributed by atoms with van der Waals surface area (Å²) >= 11 is 3.40. The number of carbonyl (C=O) groups excluding carboxylic acids is 4. The number of aromatic nitrogens is 2. The fourth-order valence-corrected chi connectivity index (χ4v) is 6.66. The van der Waals surface area contributed by atoms with Crippen LogP contribution in [0.5, 0.6) is 0 Å². The number of benzene rings is 2. The van der Waals surface area contributed by atoms with Crippen molar-refractivity contribution < 1.29 is 19.2 Å². The highest BCUT2D eigenvalue weighted by Gasteiger charge is 2.44. The van der Waals surface area contributed by atoms with Gasteiger partial charge >= 0.3 is 0 Å². The Morgan fingerprint density at radius 3 is 2.48 bits per heavy atom. The number of nitrogens with zero attached hydrogens (tertiary/aromatic N) is 4. The van der Waals surface area contributed by atoms with E-state index in [1.54, 1.807) is 31.4 Å². The van der Waals surface area contributed by atoms with Crippen molar-refractivity contribution in [2.45, 2.75) is 43.8 Å². The van der Waals surface area contributed by atoms with E-state index in [1.165, 1.54) is 10.2 Å². The number of nitrogens with one attached hydrogen (secondary N) is 3. The Labute approximate surface area is 261 Å². The molecule has 4 amide bonds. The highest BCUT2D eigenvalue weighted by atomic mass is 79.9. The number of amides is 4. The van der Waals surface area contributed by atoms with Gasteiger partial charge in [-0.05, 0) is 71.1 Å². The maximum absolute atomic E-state index is 13.1. The van der Waals surface area contributed by atoms with E-state index in [4.69, 9.17) is 0 Å². The van der Waals surface area contributed by atoms with Crippen molar-refractivity contribution in [2.75, 3.05) is 30.8 Å². The molecule has 0 bridgehead atoms. The molecule has 3 N–H and O–H groups in total. The van der Waals surface area contributed by atoms with Gasteiger partial charge in [-0.25, -0.2) is 4.68 Å². The first-order valence-electron chi connectivity index (χ1n) is 14.4. The number of halogens is 1. The normalized spacial score (nSPS) is 22.2. The fourth-order valence-electron chi connectivity index (χ4n) is 6.19. The van der Waals surface area contributed by atoms with Gasteiger partial charge in [-0.15, -0.1) is 0 Å². The summed E-state index contributed by atoms with van der Waals surface area (Å²) in [6.45, 7) is 2.28. The number of rotatable bonds is 7. The Morgan fingerprint density at radius 1 is 0.977 bits per heavy atom. The van der Waals surface area contributed by atoms with Crippen molar-refractivity contribution in [2.24, 2.45) is 7.05 Å². The van der Waals surface area contributed by atoms with Gasteiger partial charge in [0.05, 0.1) is 23.0 Å². The molecule has 3 aromatic rings. The number of likely N-dealkylation sites (N-methyl/N-ethyl adjacent to an activating group) is 1. The average Bonchev–Trinajstić information content (AvgIpc) is 3.25. The minimum absolute atomic E-state index is 0.0794. The zero-order chi connectivity index (χ0) is 31.1. The smallest absolute Gasteiger partial charge is 0.282 e. The minimum Gasteiger partial charge on any atom is -0.381 e. The van der Waals surface area contributed by atoms with Crippen LogP contribution in [0.15, 0.2) is 57.9 Å². The summed E-state index contributed by atoms with van der Waals surface area (Å²) in [5.74, 6) is -1.78. The molecule has 1 unspecified atom stereocenters. The summed E-state index contributed by atoms with van der Waals surface area (Å²) in [6.07, 6.45) is 2.77. The molecule has 228 valence electrons. The van der Waals surface area contributed by atoms with Gasteiger partial charge < -0.3 is 15.5 Å². The van der Waals surface area contributed by atoms with Gasteiger partial charge in [-0.1, -0.05) is 24.3 Å². The molecular formula is C31H32BrN7O5. The molecule has 2 fully saturated rings. The topological polar surface area (TPSA) is 146 Å². The van der Waals surface area contributed by atoms with E-state index in [-0.39, 0.29) is 35.6 Å². The molecule has 0 radical (unpaired) electrons. The Morgan fingerprint density at radius 2 is 1.73 bits per heavy atom. The summed E-state index contributed by atoms with van der Waals surface area (Å²) in [5.41, 5.74) is 3.95. The number of likely N-dealkylation sites (tertiary alicyclic amines) is 1. The highest BCUT2D eigenvalue weighted by molar-refractivity contribution is 9.10. The van der Waals surface area contributed by atoms with Gasteiger partial charge in [-0.3, -0.25) is 34.2 Å². The van der Waals surface area contributed by atoms with Crippen LogP contribution in [0.3, 0.4) is 0 Å². The van der Waals surface area contributed by atoms with E-state index in [0.717, 1.165) is 30.0 Å². The Balaban J connectivity index is 1.08. The van der Waals surface area contributed by atoms with E-state index in [2.05, 4.69) is 73.2 Å². The van der Waals surface area contributed by atoms with Crippen LogP contribution in [0.2, 0.25) is 0 Å². The lowest BCUT2D eigenvalue weighted by Gasteiger charge is -2.37. The number of hydrogen-bond acceptors (Lipinski definition) is 9. The first-order valence-corrected chi connectivity index (χ1v) is 15.2. The Kier molecular flexibility index (Phi) is 8.08. The second kappa shape index (κ2) is 12.0. The summed E-state index contributed by atoms with van der Waals surface area (Å²) < 4.78 is 1.77. The lowest BCUT2D eigenvalue weighted by molar-refractivity contribution is -0.136. The molecule has 44 heavy (non-hydrogen) atoms. The quantitative estimate of drug-likeness (QED) is 0.325. The summed E-state index contributed by atoms with van der Waals surface area (Å²) in [5, 5.41) is 13.2. The molecule has 6 rings (SSSR count). The van der Waals surface area contributed by atoms with Crippen molar-refractivity contribution in [3.8, 4) is 0 Å². The molecule has 2 saturated heterocycles. The van der Waals surface area contributed by atoms with Crippen LogP contribution in [0.4, 0.5) is 11.4 Å². The summed E-state index contributed by atoms with van der Waals surface area (Å²) in [4.78, 5) is 65.4. The van der Waals surface area contributed by atoms with Crippen molar-refractivity contribution in [1.29, 1.82) is 0 Å². The van der Waals surface area contributed by atoms with E-state index in [0.29, 0.717) is 28.3 Å². The second-order valence-corrected chi connectivity index (χ2v) is 12.4. The number of anilines is 2. The number of imide groups is 2. The third-order valence-electron chi connectivity index (χ3n) is 8.46. The van der Waals surface area contributed by atoms with Crippen LogP contribution in [0.25, 0.3) is 0 Å². The molecule has 13 heteroatoms. The second-order valence-electron chi connectivity index (χ2n) is 11.6. The molecule has 0 saturated carbocycles. The monoisotopic (exact) mass is 661 g/mol. The van der Waals surface area contributed by atoms with Crippen LogP contribution in [-0.2, 0) is 23.2 Å². The van der Waals surface area contributed by atoms with Crippen LogP contribution < -0.4 is 21.5 Å². The van der Waals surface area contributed by atoms with E-state index in [1.807, 2.05) is 0 Å².